The summed E-state index contributed by atoms with van der Waals surface area (Å²) in [5.41, 5.74) is 1.27. The summed E-state index contributed by atoms with van der Waals surface area (Å²) in [6.45, 7) is 0.612. The molecule has 150 valence electrons. The first-order chi connectivity index (χ1) is 14.1. The Morgan fingerprint density at radius 3 is 2.83 bits per heavy atom. The molecule has 1 saturated heterocycles. The summed E-state index contributed by atoms with van der Waals surface area (Å²) in [5, 5.41) is 4.88. The smallest absolute Gasteiger partial charge is 0.254 e. The van der Waals surface area contributed by atoms with E-state index in [1.807, 2.05) is 24.3 Å². The minimum absolute atomic E-state index is 0.130. The number of carbonyl (C=O) groups is 1. The lowest BCUT2D eigenvalue weighted by atomic mass is 10.0. The monoisotopic (exact) mass is 431 g/mol. The average molecular weight is 432 g/mol. The highest BCUT2D eigenvalue weighted by Crippen LogP contribution is 2.33. The van der Waals surface area contributed by atoms with Gasteiger partial charge in [-0.25, -0.2) is 0 Å². The normalized spacial score (nSPS) is 16.7. The van der Waals surface area contributed by atoms with Crippen molar-refractivity contribution in [2.75, 3.05) is 13.7 Å². The standard InChI is InChI=1S/C21H19Cl2N3O3/c1-28-15-6-4-5-13(11-15)19-24-20(29-25-19)18-7-2-3-10-26(18)21(27)14-8-9-16(22)17(23)12-14/h4-6,8-9,11-12,18H,2-3,7,10H2,1H3. The van der Waals surface area contributed by atoms with Crippen LogP contribution in [0.5, 0.6) is 5.75 Å². The summed E-state index contributed by atoms with van der Waals surface area (Å²) >= 11 is 12.1. The maximum atomic E-state index is 13.1. The molecule has 1 atom stereocenters. The van der Waals surface area contributed by atoms with Crippen LogP contribution in [0.3, 0.4) is 0 Å². The Bertz CT molecular complexity index is 1040. The van der Waals surface area contributed by atoms with Crippen LogP contribution in [0.1, 0.15) is 41.6 Å². The minimum atomic E-state index is -0.280. The molecule has 0 bridgehead atoms. The van der Waals surface area contributed by atoms with Crippen molar-refractivity contribution in [1.29, 1.82) is 0 Å². The average Bonchev–Trinajstić information content (AvgIpc) is 3.25. The molecule has 0 saturated carbocycles. The number of aromatic nitrogens is 2. The number of nitrogens with zero attached hydrogens (tertiary/aromatic N) is 3. The summed E-state index contributed by atoms with van der Waals surface area (Å²) in [5.74, 6) is 1.47. The molecule has 2 aromatic carbocycles. The van der Waals surface area contributed by atoms with Crippen molar-refractivity contribution in [1.82, 2.24) is 15.0 Å². The molecule has 2 heterocycles. The van der Waals surface area contributed by atoms with E-state index in [-0.39, 0.29) is 11.9 Å². The number of hydrogen-bond acceptors (Lipinski definition) is 5. The maximum Gasteiger partial charge on any atom is 0.254 e. The maximum absolute atomic E-state index is 13.1. The van der Waals surface area contributed by atoms with Gasteiger partial charge in [-0.2, -0.15) is 4.98 Å². The summed E-state index contributed by atoms with van der Waals surface area (Å²) in [6, 6.07) is 12.1. The molecular formula is C21H19Cl2N3O3. The van der Waals surface area contributed by atoms with Crippen molar-refractivity contribution in [3.63, 3.8) is 0 Å². The second kappa shape index (κ2) is 8.43. The molecule has 0 aliphatic carbocycles. The fourth-order valence-corrected chi connectivity index (χ4v) is 3.77. The first kappa shape index (κ1) is 19.7. The van der Waals surface area contributed by atoms with Crippen molar-refractivity contribution in [2.24, 2.45) is 0 Å². The van der Waals surface area contributed by atoms with Gasteiger partial charge >= 0.3 is 0 Å². The van der Waals surface area contributed by atoms with Gasteiger partial charge in [-0.05, 0) is 49.6 Å². The third kappa shape index (κ3) is 4.09. The molecule has 4 rings (SSSR count). The van der Waals surface area contributed by atoms with E-state index >= 15 is 0 Å². The van der Waals surface area contributed by atoms with Crippen molar-refractivity contribution in [3.05, 3.63) is 64.0 Å². The van der Waals surface area contributed by atoms with Gasteiger partial charge in [0.1, 0.15) is 11.8 Å². The fraction of sp³-hybridized carbons (Fsp3) is 0.286. The lowest BCUT2D eigenvalue weighted by Gasteiger charge is -2.33. The first-order valence-corrected chi connectivity index (χ1v) is 10.1. The lowest BCUT2D eigenvalue weighted by molar-refractivity contribution is 0.0561. The second-order valence-corrected chi connectivity index (χ2v) is 7.64. The number of ether oxygens (including phenoxy) is 1. The van der Waals surface area contributed by atoms with Crippen LogP contribution in [0, 0.1) is 0 Å². The number of methoxy groups -OCH3 is 1. The van der Waals surface area contributed by atoms with Crippen LogP contribution in [-0.4, -0.2) is 34.6 Å². The Balaban J connectivity index is 1.61. The Hall–Kier alpha value is -2.57. The van der Waals surface area contributed by atoms with Crippen LogP contribution in [0.25, 0.3) is 11.4 Å². The van der Waals surface area contributed by atoms with E-state index in [1.54, 1.807) is 30.2 Å². The Labute approximate surface area is 178 Å². The number of rotatable bonds is 4. The Morgan fingerprint density at radius 2 is 2.03 bits per heavy atom. The van der Waals surface area contributed by atoms with E-state index < -0.39 is 0 Å². The predicted octanol–water partition coefficient (Wildman–Crippen LogP) is 5.42. The second-order valence-electron chi connectivity index (χ2n) is 6.83. The zero-order valence-corrected chi connectivity index (χ0v) is 17.3. The van der Waals surface area contributed by atoms with E-state index in [4.69, 9.17) is 32.5 Å². The number of amides is 1. The molecular weight excluding hydrogens is 413 g/mol. The third-order valence-corrected chi connectivity index (χ3v) is 5.72. The third-order valence-electron chi connectivity index (χ3n) is 4.98. The van der Waals surface area contributed by atoms with E-state index in [9.17, 15) is 4.79 Å². The van der Waals surface area contributed by atoms with Crippen LogP contribution in [0.4, 0.5) is 0 Å². The highest BCUT2D eigenvalue weighted by Gasteiger charge is 2.33. The van der Waals surface area contributed by atoms with E-state index in [2.05, 4.69) is 10.1 Å². The van der Waals surface area contributed by atoms with Crippen molar-refractivity contribution in [2.45, 2.75) is 25.3 Å². The molecule has 1 aliphatic heterocycles. The largest absolute Gasteiger partial charge is 0.497 e. The van der Waals surface area contributed by atoms with Gasteiger partial charge in [-0.1, -0.05) is 40.5 Å². The molecule has 1 aliphatic rings. The molecule has 1 unspecified atom stereocenters. The molecule has 29 heavy (non-hydrogen) atoms. The topological polar surface area (TPSA) is 68.5 Å². The van der Waals surface area contributed by atoms with Gasteiger partial charge in [0.2, 0.25) is 11.7 Å². The summed E-state index contributed by atoms with van der Waals surface area (Å²) in [4.78, 5) is 19.5. The number of benzene rings is 2. The number of likely N-dealkylation sites (tertiary alicyclic amines) is 1. The van der Waals surface area contributed by atoms with E-state index in [0.717, 1.165) is 24.8 Å². The summed E-state index contributed by atoms with van der Waals surface area (Å²) in [7, 11) is 1.61. The summed E-state index contributed by atoms with van der Waals surface area (Å²) in [6.07, 6.45) is 2.65. The Morgan fingerprint density at radius 1 is 1.17 bits per heavy atom. The van der Waals surface area contributed by atoms with Gasteiger partial charge < -0.3 is 14.2 Å². The lowest BCUT2D eigenvalue weighted by Crippen LogP contribution is -2.38. The van der Waals surface area contributed by atoms with E-state index in [1.165, 1.54) is 0 Å². The highest BCUT2D eigenvalue weighted by atomic mass is 35.5. The zero-order chi connectivity index (χ0) is 20.4. The van der Waals surface area contributed by atoms with Gasteiger partial charge in [0.25, 0.3) is 5.91 Å². The Kier molecular flexibility index (Phi) is 5.74. The van der Waals surface area contributed by atoms with Gasteiger partial charge in [-0.3, -0.25) is 4.79 Å². The molecule has 0 radical (unpaired) electrons. The number of halogens is 2. The van der Waals surface area contributed by atoms with Crippen LogP contribution in [-0.2, 0) is 0 Å². The molecule has 1 fully saturated rings. The molecule has 1 aromatic heterocycles. The van der Waals surface area contributed by atoms with Gasteiger partial charge in [-0.15, -0.1) is 0 Å². The molecule has 6 nitrogen and oxygen atoms in total. The summed E-state index contributed by atoms with van der Waals surface area (Å²) < 4.78 is 10.8. The molecule has 0 N–H and O–H groups in total. The molecule has 0 spiro atoms. The first-order valence-electron chi connectivity index (χ1n) is 9.31. The SMILES string of the molecule is COc1cccc(-c2noc(C3CCCCN3C(=O)c3ccc(Cl)c(Cl)c3)n2)c1. The number of hydrogen-bond donors (Lipinski definition) is 0. The fourth-order valence-electron chi connectivity index (χ4n) is 3.48. The molecule has 8 heteroatoms. The predicted molar refractivity (Wildman–Crippen MR) is 110 cm³/mol. The van der Waals surface area contributed by atoms with Crippen LogP contribution in [0.15, 0.2) is 47.0 Å². The van der Waals surface area contributed by atoms with Gasteiger partial charge in [0.05, 0.1) is 17.2 Å². The van der Waals surface area contributed by atoms with E-state index in [0.29, 0.717) is 39.6 Å². The minimum Gasteiger partial charge on any atom is -0.497 e. The van der Waals surface area contributed by atoms with Crippen molar-refractivity contribution in [3.8, 4) is 17.1 Å². The number of piperidine rings is 1. The number of carbonyl (C=O) groups excluding carboxylic acids is 1. The van der Waals surface area contributed by atoms with Crippen LogP contribution >= 0.6 is 23.2 Å². The van der Waals surface area contributed by atoms with Crippen LogP contribution in [0.2, 0.25) is 10.0 Å². The highest BCUT2D eigenvalue weighted by molar-refractivity contribution is 6.42. The van der Waals surface area contributed by atoms with Crippen molar-refractivity contribution < 1.29 is 14.1 Å². The van der Waals surface area contributed by atoms with Crippen molar-refractivity contribution >= 4 is 29.1 Å². The molecule has 3 aromatic rings. The van der Waals surface area contributed by atoms with Crippen LogP contribution < -0.4 is 4.74 Å². The quantitative estimate of drug-likeness (QED) is 0.551. The zero-order valence-electron chi connectivity index (χ0n) is 15.8. The van der Waals surface area contributed by atoms with Gasteiger partial charge in [0, 0.05) is 17.7 Å². The van der Waals surface area contributed by atoms with Gasteiger partial charge in [0.15, 0.2) is 0 Å². The molecule has 1 amide bonds.